The molecule has 1 aromatic carbocycles. The Bertz CT molecular complexity index is 612. The molecule has 130 valence electrons. The van der Waals surface area contributed by atoms with E-state index in [2.05, 4.69) is 10.6 Å². The summed E-state index contributed by atoms with van der Waals surface area (Å²) in [7, 11) is -0.0999. The molecule has 0 aliphatic rings. The van der Waals surface area contributed by atoms with Gasteiger partial charge in [-0.15, -0.1) is 0 Å². The largest absolute Gasteiger partial charge is 0.352 e. The Morgan fingerprint density at radius 1 is 1.17 bits per heavy atom. The van der Waals surface area contributed by atoms with Gasteiger partial charge in [0.1, 0.15) is 0 Å². The molecule has 0 radical (unpaired) electrons. The summed E-state index contributed by atoms with van der Waals surface area (Å²) in [6.45, 7) is 6.50. The first-order chi connectivity index (χ1) is 10.7. The average molecular weight is 341 g/mol. The molecule has 6 nitrogen and oxygen atoms in total. The van der Waals surface area contributed by atoms with Gasteiger partial charge in [-0.05, 0) is 38.6 Å². The van der Waals surface area contributed by atoms with Crippen LogP contribution < -0.4 is 10.6 Å². The molecule has 1 unspecified atom stereocenters. The minimum absolute atomic E-state index is 0.0319. The van der Waals surface area contributed by atoms with Crippen molar-refractivity contribution in [3.05, 3.63) is 29.8 Å². The summed E-state index contributed by atoms with van der Waals surface area (Å²) in [4.78, 5) is 12.1. The molecule has 0 spiro atoms. The van der Waals surface area contributed by atoms with E-state index >= 15 is 0 Å². The first kappa shape index (κ1) is 19.6. The Labute approximate surface area is 139 Å². The molecule has 0 fully saturated rings. The lowest BCUT2D eigenvalue weighted by Crippen LogP contribution is -2.34. The molecule has 23 heavy (non-hydrogen) atoms. The van der Waals surface area contributed by atoms with Crippen LogP contribution in [-0.2, 0) is 21.4 Å². The fourth-order valence-corrected chi connectivity index (χ4v) is 3.35. The van der Waals surface area contributed by atoms with Crippen LogP contribution in [0.25, 0.3) is 0 Å². The highest BCUT2D eigenvalue weighted by molar-refractivity contribution is 7.89. The van der Waals surface area contributed by atoms with E-state index in [-0.39, 0.29) is 22.8 Å². The standard InChI is InChI=1S/C16H27N3O3S/c1-12(2)19(5)23(21,22)15-8-6-14(7-9-15)11-18-16(20)13(3)10-17-4/h6-9,12-13,17H,10-11H2,1-5H3,(H,18,20). The number of hydrogen-bond donors (Lipinski definition) is 2. The second-order valence-electron chi connectivity index (χ2n) is 5.94. The fraction of sp³-hybridized carbons (Fsp3) is 0.562. The van der Waals surface area contributed by atoms with Crippen LogP contribution in [0.1, 0.15) is 26.3 Å². The predicted molar refractivity (Wildman–Crippen MR) is 91.5 cm³/mol. The highest BCUT2D eigenvalue weighted by Crippen LogP contribution is 2.17. The van der Waals surface area contributed by atoms with Gasteiger partial charge in [0.15, 0.2) is 0 Å². The summed E-state index contributed by atoms with van der Waals surface area (Å²) in [5, 5.41) is 5.80. The molecule has 1 rings (SSSR count). The number of rotatable bonds is 8. The van der Waals surface area contributed by atoms with Gasteiger partial charge < -0.3 is 10.6 Å². The van der Waals surface area contributed by atoms with Gasteiger partial charge in [-0.3, -0.25) is 4.79 Å². The summed E-state index contributed by atoms with van der Waals surface area (Å²) in [5.41, 5.74) is 0.862. The number of nitrogens with zero attached hydrogens (tertiary/aromatic N) is 1. The van der Waals surface area contributed by atoms with Crippen LogP contribution >= 0.6 is 0 Å². The molecule has 0 aliphatic carbocycles. The summed E-state index contributed by atoms with van der Waals surface area (Å²) < 4.78 is 26.1. The van der Waals surface area contributed by atoms with E-state index in [1.165, 1.54) is 4.31 Å². The van der Waals surface area contributed by atoms with E-state index in [4.69, 9.17) is 0 Å². The minimum atomic E-state index is -3.47. The number of benzene rings is 1. The van der Waals surface area contributed by atoms with Crippen molar-refractivity contribution in [1.82, 2.24) is 14.9 Å². The molecule has 1 atom stereocenters. The molecule has 0 aromatic heterocycles. The Kier molecular flexibility index (Phi) is 7.18. The van der Waals surface area contributed by atoms with E-state index in [1.807, 2.05) is 20.8 Å². The molecule has 0 saturated carbocycles. The number of hydrogen-bond acceptors (Lipinski definition) is 4. The van der Waals surface area contributed by atoms with Crippen LogP contribution in [0, 0.1) is 5.92 Å². The first-order valence-electron chi connectivity index (χ1n) is 7.69. The average Bonchev–Trinajstić information content (AvgIpc) is 2.52. The maximum Gasteiger partial charge on any atom is 0.243 e. The van der Waals surface area contributed by atoms with Gasteiger partial charge in [-0.1, -0.05) is 19.1 Å². The maximum absolute atomic E-state index is 12.4. The van der Waals surface area contributed by atoms with Crippen LogP contribution in [0.2, 0.25) is 0 Å². The van der Waals surface area contributed by atoms with Crippen LogP contribution in [0.4, 0.5) is 0 Å². The summed E-state index contributed by atoms with van der Waals surface area (Å²) in [5.74, 6) is -0.144. The van der Waals surface area contributed by atoms with Gasteiger partial charge >= 0.3 is 0 Å². The quantitative estimate of drug-likeness (QED) is 0.744. The maximum atomic E-state index is 12.4. The normalized spacial score (nSPS) is 13.3. The fourth-order valence-electron chi connectivity index (χ4n) is 1.99. The van der Waals surface area contributed by atoms with Crippen molar-refractivity contribution >= 4 is 15.9 Å². The molecular formula is C16H27N3O3S. The Morgan fingerprint density at radius 2 is 1.74 bits per heavy atom. The minimum Gasteiger partial charge on any atom is -0.352 e. The van der Waals surface area contributed by atoms with Crippen molar-refractivity contribution in [2.45, 2.75) is 38.3 Å². The van der Waals surface area contributed by atoms with E-state index < -0.39 is 10.0 Å². The third-order valence-electron chi connectivity index (χ3n) is 3.75. The van der Waals surface area contributed by atoms with Gasteiger partial charge in [-0.25, -0.2) is 8.42 Å². The van der Waals surface area contributed by atoms with Gasteiger partial charge in [0.2, 0.25) is 15.9 Å². The second-order valence-corrected chi connectivity index (χ2v) is 7.93. The van der Waals surface area contributed by atoms with Crippen molar-refractivity contribution < 1.29 is 13.2 Å². The Morgan fingerprint density at radius 3 is 2.22 bits per heavy atom. The van der Waals surface area contributed by atoms with Crippen molar-refractivity contribution in [1.29, 1.82) is 0 Å². The molecule has 0 aliphatic heterocycles. The van der Waals surface area contributed by atoms with Crippen LogP contribution in [-0.4, -0.2) is 45.3 Å². The van der Waals surface area contributed by atoms with Crippen LogP contribution in [0.3, 0.4) is 0 Å². The summed E-state index contributed by atoms with van der Waals surface area (Å²) in [6.07, 6.45) is 0. The lowest BCUT2D eigenvalue weighted by atomic mass is 10.1. The number of nitrogens with one attached hydrogen (secondary N) is 2. The summed E-state index contributed by atoms with van der Waals surface area (Å²) in [6, 6.07) is 6.50. The van der Waals surface area contributed by atoms with Crippen molar-refractivity contribution in [3.63, 3.8) is 0 Å². The smallest absolute Gasteiger partial charge is 0.243 e. The van der Waals surface area contributed by atoms with E-state index in [9.17, 15) is 13.2 Å². The van der Waals surface area contributed by atoms with E-state index in [0.29, 0.717) is 13.1 Å². The monoisotopic (exact) mass is 341 g/mol. The van der Waals surface area contributed by atoms with Gasteiger partial charge in [0.25, 0.3) is 0 Å². The molecule has 0 bridgehead atoms. The SMILES string of the molecule is CNCC(C)C(=O)NCc1ccc(S(=O)(=O)N(C)C(C)C)cc1. The molecule has 2 N–H and O–H groups in total. The number of amides is 1. The molecular weight excluding hydrogens is 314 g/mol. The van der Waals surface area contributed by atoms with Crippen molar-refractivity contribution in [3.8, 4) is 0 Å². The lowest BCUT2D eigenvalue weighted by Gasteiger charge is -2.21. The zero-order chi connectivity index (χ0) is 17.6. The van der Waals surface area contributed by atoms with Gasteiger partial charge in [0.05, 0.1) is 4.90 Å². The number of sulfonamides is 1. The second kappa shape index (κ2) is 8.42. The third kappa shape index (κ3) is 5.30. The van der Waals surface area contributed by atoms with Crippen molar-refractivity contribution in [2.24, 2.45) is 5.92 Å². The first-order valence-corrected chi connectivity index (χ1v) is 9.13. The highest BCUT2D eigenvalue weighted by atomic mass is 32.2. The lowest BCUT2D eigenvalue weighted by molar-refractivity contribution is -0.124. The summed E-state index contributed by atoms with van der Waals surface area (Å²) >= 11 is 0. The van der Waals surface area contributed by atoms with Gasteiger partial charge in [0, 0.05) is 32.1 Å². The molecule has 0 saturated heterocycles. The van der Waals surface area contributed by atoms with Crippen LogP contribution in [0.15, 0.2) is 29.2 Å². The van der Waals surface area contributed by atoms with E-state index in [0.717, 1.165) is 5.56 Å². The Balaban J connectivity index is 2.72. The predicted octanol–water partition coefficient (Wildman–Crippen LogP) is 1.19. The number of carbonyl (C=O) groups excluding carboxylic acids is 1. The van der Waals surface area contributed by atoms with Gasteiger partial charge in [-0.2, -0.15) is 4.31 Å². The topological polar surface area (TPSA) is 78.5 Å². The van der Waals surface area contributed by atoms with E-state index in [1.54, 1.807) is 38.4 Å². The molecule has 7 heteroatoms. The molecule has 0 heterocycles. The Hall–Kier alpha value is -1.44. The van der Waals surface area contributed by atoms with Crippen molar-refractivity contribution in [2.75, 3.05) is 20.6 Å². The zero-order valence-corrected chi connectivity index (χ0v) is 15.3. The third-order valence-corrected chi connectivity index (χ3v) is 5.80. The van der Waals surface area contributed by atoms with Crippen LogP contribution in [0.5, 0.6) is 0 Å². The molecule has 1 amide bonds. The zero-order valence-electron chi connectivity index (χ0n) is 14.5. The highest BCUT2D eigenvalue weighted by Gasteiger charge is 2.22. The molecule has 1 aromatic rings. The number of carbonyl (C=O) groups is 1.